The summed E-state index contributed by atoms with van der Waals surface area (Å²) in [6.45, 7) is 1.40. The molecule has 0 N–H and O–H groups in total. The molecular weight excluding hydrogens is 419 g/mol. The molecule has 3 aliphatic heterocycles. The van der Waals surface area contributed by atoms with Crippen LogP contribution < -0.4 is 0 Å². The molecule has 6 nitrogen and oxygen atoms in total. The first-order chi connectivity index (χ1) is 14.1. The molecule has 1 amide bonds. The number of likely N-dealkylation sites (tertiary alicyclic amines) is 1. The summed E-state index contributed by atoms with van der Waals surface area (Å²) in [7, 11) is -3.35. The van der Waals surface area contributed by atoms with Gasteiger partial charge in [0.25, 0.3) is 5.91 Å². The number of sulfonamides is 1. The van der Waals surface area contributed by atoms with Crippen molar-refractivity contribution in [3.05, 3.63) is 46.5 Å². The summed E-state index contributed by atoms with van der Waals surface area (Å²) in [4.78, 5) is 18.9. The number of aliphatic imine (C=N–C) groups is 1. The Morgan fingerprint density at radius 2 is 1.80 bits per heavy atom. The number of carbonyl (C=O) groups is 1. The zero-order chi connectivity index (χ0) is 21.7. The fourth-order valence-electron chi connectivity index (χ4n) is 4.40. The van der Waals surface area contributed by atoms with Gasteiger partial charge in [0.15, 0.2) is 0 Å². The molecule has 0 bridgehead atoms. The van der Waals surface area contributed by atoms with Crippen molar-refractivity contribution in [3.8, 4) is 0 Å². The maximum Gasteiger partial charge on any atom is 0.416 e. The highest BCUT2D eigenvalue weighted by molar-refractivity contribution is 7.88. The maximum absolute atomic E-state index is 13.3. The first-order valence-corrected chi connectivity index (χ1v) is 11.6. The molecule has 1 aromatic rings. The van der Waals surface area contributed by atoms with Crippen LogP contribution in [0.1, 0.15) is 29.9 Å². The third-order valence-corrected chi connectivity index (χ3v) is 7.20. The van der Waals surface area contributed by atoms with E-state index in [9.17, 15) is 26.4 Å². The average Bonchev–Trinajstić information content (AvgIpc) is 3.28. The van der Waals surface area contributed by atoms with Gasteiger partial charge in [0.1, 0.15) is 5.71 Å². The van der Waals surface area contributed by atoms with Crippen LogP contribution in [-0.4, -0.2) is 68.2 Å². The lowest BCUT2D eigenvalue weighted by atomic mass is 9.86. The van der Waals surface area contributed by atoms with E-state index < -0.39 is 21.8 Å². The fourth-order valence-corrected chi connectivity index (χ4v) is 5.15. The van der Waals surface area contributed by atoms with Gasteiger partial charge in [-0.3, -0.25) is 9.79 Å². The van der Waals surface area contributed by atoms with E-state index in [1.165, 1.54) is 16.4 Å². The Morgan fingerprint density at radius 3 is 2.43 bits per heavy atom. The quantitative estimate of drug-likeness (QED) is 0.724. The van der Waals surface area contributed by atoms with Crippen molar-refractivity contribution in [2.24, 2.45) is 4.99 Å². The SMILES string of the molecule is CS(=O)(=O)N1CC2=C(C1)C(C(=O)N1CCC(c3ccccc3C(F)(F)F)CC1)=NC2. The van der Waals surface area contributed by atoms with E-state index in [0.717, 1.165) is 17.9 Å². The van der Waals surface area contributed by atoms with Crippen LogP contribution in [0.5, 0.6) is 0 Å². The number of alkyl halides is 3. The van der Waals surface area contributed by atoms with Crippen LogP contribution in [0.2, 0.25) is 0 Å². The average molecular weight is 441 g/mol. The van der Waals surface area contributed by atoms with Crippen molar-refractivity contribution in [1.29, 1.82) is 0 Å². The Bertz CT molecular complexity index is 1040. The Kier molecular flexibility index (Phi) is 5.26. The summed E-state index contributed by atoms with van der Waals surface area (Å²) in [5.41, 5.74) is 1.48. The van der Waals surface area contributed by atoms with Crippen molar-refractivity contribution >= 4 is 21.6 Å². The Labute approximate surface area is 173 Å². The summed E-state index contributed by atoms with van der Waals surface area (Å²) in [6, 6.07) is 5.61. The summed E-state index contributed by atoms with van der Waals surface area (Å²) >= 11 is 0. The van der Waals surface area contributed by atoms with Crippen LogP contribution in [0.3, 0.4) is 0 Å². The molecule has 0 radical (unpaired) electrons. The van der Waals surface area contributed by atoms with Crippen molar-refractivity contribution in [2.45, 2.75) is 24.9 Å². The number of amides is 1. The predicted molar refractivity (Wildman–Crippen MR) is 106 cm³/mol. The molecule has 3 aliphatic rings. The molecule has 3 heterocycles. The second kappa shape index (κ2) is 7.49. The summed E-state index contributed by atoms with van der Waals surface area (Å²) < 4.78 is 64.9. The number of rotatable bonds is 3. The van der Waals surface area contributed by atoms with Crippen molar-refractivity contribution in [3.63, 3.8) is 0 Å². The van der Waals surface area contributed by atoms with Crippen LogP contribution in [0.25, 0.3) is 0 Å². The molecule has 30 heavy (non-hydrogen) atoms. The van der Waals surface area contributed by atoms with Gasteiger partial charge in [-0.05, 0) is 36.0 Å². The monoisotopic (exact) mass is 441 g/mol. The van der Waals surface area contributed by atoms with Gasteiger partial charge in [0, 0.05) is 31.8 Å². The van der Waals surface area contributed by atoms with E-state index in [1.54, 1.807) is 11.0 Å². The van der Waals surface area contributed by atoms with Gasteiger partial charge in [0.2, 0.25) is 10.0 Å². The van der Waals surface area contributed by atoms with Gasteiger partial charge in [0.05, 0.1) is 18.4 Å². The summed E-state index contributed by atoms with van der Waals surface area (Å²) in [5.74, 6) is -0.530. The summed E-state index contributed by atoms with van der Waals surface area (Å²) in [6.07, 6.45) is -2.39. The second-order valence-electron chi connectivity index (χ2n) is 7.93. The van der Waals surface area contributed by atoms with E-state index in [2.05, 4.69) is 4.99 Å². The van der Waals surface area contributed by atoms with Crippen LogP contribution >= 0.6 is 0 Å². The van der Waals surface area contributed by atoms with Gasteiger partial charge in [-0.25, -0.2) is 8.42 Å². The molecule has 0 unspecified atom stereocenters. The number of hydrogen-bond donors (Lipinski definition) is 0. The highest BCUT2D eigenvalue weighted by atomic mass is 32.2. The standard InChI is InChI=1S/C20H22F3N3O3S/c1-30(28,29)26-11-14-10-24-18(16(14)12-26)19(27)25-8-6-13(7-9-25)15-4-2-3-5-17(15)20(21,22)23/h2-5,13H,6-12H2,1H3. The van der Waals surface area contributed by atoms with Crippen LogP contribution in [-0.2, 0) is 21.0 Å². The van der Waals surface area contributed by atoms with Gasteiger partial charge >= 0.3 is 6.18 Å². The Morgan fingerprint density at radius 1 is 1.13 bits per heavy atom. The highest BCUT2D eigenvalue weighted by Gasteiger charge is 2.39. The van der Waals surface area contributed by atoms with Gasteiger partial charge in [-0.1, -0.05) is 18.2 Å². The van der Waals surface area contributed by atoms with Crippen LogP contribution in [0.15, 0.2) is 40.4 Å². The topological polar surface area (TPSA) is 70.1 Å². The first kappa shape index (κ1) is 21.0. The molecule has 10 heteroatoms. The molecule has 1 aromatic carbocycles. The third-order valence-electron chi connectivity index (χ3n) is 6.00. The van der Waals surface area contributed by atoms with E-state index in [4.69, 9.17) is 0 Å². The smallest absolute Gasteiger partial charge is 0.337 e. The van der Waals surface area contributed by atoms with Gasteiger partial charge in [-0.2, -0.15) is 17.5 Å². The Balaban J connectivity index is 1.43. The minimum atomic E-state index is -4.40. The molecule has 0 aromatic heterocycles. The highest BCUT2D eigenvalue weighted by Crippen LogP contribution is 2.39. The number of nitrogens with zero attached hydrogens (tertiary/aromatic N) is 3. The Hall–Kier alpha value is -2.20. The molecule has 162 valence electrons. The molecule has 4 rings (SSSR count). The molecule has 0 aliphatic carbocycles. The molecule has 0 spiro atoms. The zero-order valence-electron chi connectivity index (χ0n) is 16.4. The minimum absolute atomic E-state index is 0.147. The van der Waals surface area contributed by atoms with Crippen molar-refractivity contribution < 1.29 is 26.4 Å². The normalized spacial score (nSPS) is 21.2. The second-order valence-corrected chi connectivity index (χ2v) is 9.91. The molecule has 1 saturated heterocycles. The number of piperidine rings is 1. The fraction of sp³-hybridized carbons (Fsp3) is 0.500. The van der Waals surface area contributed by atoms with Gasteiger partial charge < -0.3 is 4.90 Å². The third kappa shape index (κ3) is 3.90. The minimum Gasteiger partial charge on any atom is -0.337 e. The summed E-state index contributed by atoms with van der Waals surface area (Å²) in [5, 5.41) is 0. The van der Waals surface area contributed by atoms with E-state index in [1.807, 2.05) is 0 Å². The van der Waals surface area contributed by atoms with E-state index >= 15 is 0 Å². The molecule has 0 saturated carbocycles. The molecule has 0 atom stereocenters. The maximum atomic E-state index is 13.3. The predicted octanol–water partition coefficient (Wildman–Crippen LogP) is 2.44. The molecular formula is C20H22F3N3O3S. The van der Waals surface area contributed by atoms with Crippen LogP contribution in [0, 0.1) is 0 Å². The van der Waals surface area contributed by atoms with E-state index in [0.29, 0.717) is 43.8 Å². The molecule has 1 fully saturated rings. The van der Waals surface area contributed by atoms with Gasteiger partial charge in [-0.15, -0.1) is 0 Å². The van der Waals surface area contributed by atoms with Crippen LogP contribution in [0.4, 0.5) is 13.2 Å². The lowest BCUT2D eigenvalue weighted by molar-refractivity contribution is -0.138. The largest absolute Gasteiger partial charge is 0.416 e. The zero-order valence-corrected chi connectivity index (χ0v) is 17.3. The van der Waals surface area contributed by atoms with Crippen molar-refractivity contribution in [2.75, 3.05) is 39.0 Å². The van der Waals surface area contributed by atoms with E-state index in [-0.39, 0.29) is 30.5 Å². The number of benzene rings is 1. The van der Waals surface area contributed by atoms with Crippen molar-refractivity contribution in [1.82, 2.24) is 9.21 Å². The first-order valence-electron chi connectivity index (χ1n) is 9.72. The lowest BCUT2D eigenvalue weighted by Gasteiger charge is -2.33. The number of carbonyl (C=O) groups excluding carboxylic acids is 1. The number of halogens is 3. The number of hydrogen-bond acceptors (Lipinski definition) is 4. The lowest BCUT2D eigenvalue weighted by Crippen LogP contribution is -2.42.